The summed E-state index contributed by atoms with van der Waals surface area (Å²) in [7, 11) is 0. The molecule has 0 fully saturated rings. The zero-order valence-corrected chi connectivity index (χ0v) is 14.4. The molecular weight excluding hydrogens is 353 g/mol. The topological polar surface area (TPSA) is 90.7 Å². The smallest absolute Gasteiger partial charge is 0.270 e. The molecule has 0 saturated carbocycles. The van der Waals surface area contributed by atoms with Gasteiger partial charge in [0.2, 0.25) is 0 Å². The summed E-state index contributed by atoms with van der Waals surface area (Å²) in [4.78, 5) is 20.6. The first kappa shape index (κ1) is 17.5. The molecule has 6 nitrogen and oxygen atoms in total. The van der Waals surface area contributed by atoms with Crippen LogP contribution in [-0.2, 0) is 0 Å². The van der Waals surface area contributed by atoms with Gasteiger partial charge in [0.05, 0.1) is 11.4 Å². The molecule has 0 aliphatic heterocycles. The fraction of sp³-hybridized carbons (Fsp3) is 0.111. The lowest BCUT2D eigenvalue weighted by Gasteiger charge is -2.09. The number of halogens is 1. The molecule has 2 N–H and O–H groups in total. The van der Waals surface area contributed by atoms with Crippen molar-refractivity contribution < 1.29 is 9.18 Å². The maximum Gasteiger partial charge on any atom is 0.270 e. The Bertz CT molecular complexity index is 952. The van der Waals surface area contributed by atoms with Gasteiger partial charge in [-0.05, 0) is 24.3 Å². The summed E-state index contributed by atoms with van der Waals surface area (Å²) < 4.78 is 13.5. The largest absolute Gasteiger partial charge is 0.382 e. The van der Waals surface area contributed by atoms with Crippen LogP contribution in [0, 0.1) is 17.1 Å². The van der Waals surface area contributed by atoms with Crippen molar-refractivity contribution in [3.8, 4) is 16.8 Å². The van der Waals surface area contributed by atoms with Gasteiger partial charge in [-0.1, -0.05) is 12.1 Å². The third-order valence-electron chi connectivity index (χ3n) is 3.47. The van der Waals surface area contributed by atoms with Crippen LogP contribution in [0.3, 0.4) is 0 Å². The van der Waals surface area contributed by atoms with Crippen LogP contribution in [0.2, 0.25) is 0 Å². The number of amides is 1. The number of nitriles is 1. The normalized spacial score (nSPS) is 10.2. The lowest BCUT2D eigenvalue weighted by Crippen LogP contribution is -2.29. The number of anilines is 1. The van der Waals surface area contributed by atoms with Crippen LogP contribution in [-0.4, -0.2) is 29.0 Å². The van der Waals surface area contributed by atoms with Gasteiger partial charge in [-0.15, -0.1) is 11.3 Å². The Morgan fingerprint density at radius 3 is 2.88 bits per heavy atom. The van der Waals surface area contributed by atoms with E-state index < -0.39 is 5.82 Å². The summed E-state index contributed by atoms with van der Waals surface area (Å²) in [5.41, 5.74) is 1.39. The van der Waals surface area contributed by atoms with Crippen LogP contribution in [0.15, 0.2) is 48.0 Å². The summed E-state index contributed by atoms with van der Waals surface area (Å²) in [5.74, 6) is -0.879. The molecule has 26 heavy (non-hydrogen) atoms. The Kier molecular flexibility index (Phi) is 5.51. The van der Waals surface area contributed by atoms with Crippen molar-refractivity contribution in [1.29, 1.82) is 5.26 Å². The molecule has 0 spiro atoms. The number of benzene rings is 1. The first-order valence-corrected chi connectivity index (χ1v) is 8.64. The van der Waals surface area contributed by atoms with Crippen molar-refractivity contribution in [2.45, 2.75) is 0 Å². The second kappa shape index (κ2) is 8.18. The van der Waals surface area contributed by atoms with Gasteiger partial charge in [0.15, 0.2) is 0 Å². The molecule has 2 heterocycles. The number of pyridine rings is 1. The third-order valence-corrected chi connectivity index (χ3v) is 4.34. The molecule has 1 amide bonds. The van der Waals surface area contributed by atoms with Crippen LogP contribution >= 0.6 is 11.3 Å². The van der Waals surface area contributed by atoms with Crippen LogP contribution < -0.4 is 10.6 Å². The van der Waals surface area contributed by atoms with E-state index in [0.29, 0.717) is 35.2 Å². The number of nitrogens with one attached hydrogen (secondary N) is 2. The SMILES string of the molecule is N#Cc1c(F)cccc1NCCNC(=O)c1csc(-c2ccccn2)n1. The van der Waals surface area contributed by atoms with Gasteiger partial charge >= 0.3 is 0 Å². The number of carbonyl (C=O) groups excluding carboxylic acids is 1. The van der Waals surface area contributed by atoms with E-state index in [4.69, 9.17) is 5.26 Å². The average molecular weight is 367 g/mol. The molecule has 0 radical (unpaired) electrons. The summed E-state index contributed by atoms with van der Waals surface area (Å²) in [6, 6.07) is 11.7. The van der Waals surface area contributed by atoms with Gasteiger partial charge in [-0.25, -0.2) is 9.37 Å². The third kappa shape index (κ3) is 4.02. The highest BCUT2D eigenvalue weighted by Crippen LogP contribution is 2.21. The van der Waals surface area contributed by atoms with E-state index in [9.17, 15) is 9.18 Å². The number of hydrogen-bond acceptors (Lipinski definition) is 6. The monoisotopic (exact) mass is 367 g/mol. The number of thiazole rings is 1. The van der Waals surface area contributed by atoms with Crippen molar-refractivity contribution >= 4 is 22.9 Å². The summed E-state index contributed by atoms with van der Waals surface area (Å²) in [6.07, 6.45) is 1.67. The Balaban J connectivity index is 1.53. The molecule has 0 unspecified atom stereocenters. The molecule has 3 rings (SSSR count). The van der Waals surface area contributed by atoms with Crippen molar-refractivity contribution in [2.24, 2.45) is 0 Å². The van der Waals surface area contributed by atoms with E-state index in [1.165, 1.54) is 23.5 Å². The number of nitrogens with zero attached hydrogens (tertiary/aromatic N) is 3. The molecule has 2 aromatic heterocycles. The zero-order valence-electron chi connectivity index (χ0n) is 13.6. The molecule has 0 saturated heterocycles. The Morgan fingerprint density at radius 1 is 1.23 bits per heavy atom. The minimum absolute atomic E-state index is 0.0432. The van der Waals surface area contributed by atoms with Crippen LogP contribution in [0.1, 0.15) is 16.1 Å². The molecule has 8 heteroatoms. The van der Waals surface area contributed by atoms with Crippen molar-refractivity contribution in [3.05, 3.63) is 65.0 Å². The van der Waals surface area contributed by atoms with E-state index in [-0.39, 0.29) is 11.5 Å². The summed E-state index contributed by atoms with van der Waals surface area (Å²) >= 11 is 1.35. The highest BCUT2D eigenvalue weighted by molar-refractivity contribution is 7.13. The van der Waals surface area contributed by atoms with Gasteiger partial charge in [0.1, 0.15) is 28.2 Å². The summed E-state index contributed by atoms with van der Waals surface area (Å²) in [6.45, 7) is 0.651. The second-order valence-electron chi connectivity index (χ2n) is 5.21. The van der Waals surface area contributed by atoms with Gasteiger partial charge in [0.25, 0.3) is 5.91 Å². The Labute approximate surface area is 153 Å². The number of rotatable bonds is 6. The average Bonchev–Trinajstić information content (AvgIpc) is 3.16. The molecular formula is C18H14FN5OS. The number of aromatic nitrogens is 2. The van der Waals surface area contributed by atoms with Gasteiger partial charge in [-0.2, -0.15) is 5.26 Å². The molecule has 0 aliphatic rings. The lowest BCUT2D eigenvalue weighted by molar-refractivity contribution is 0.0951. The lowest BCUT2D eigenvalue weighted by atomic mass is 10.2. The fourth-order valence-corrected chi connectivity index (χ4v) is 3.01. The first-order valence-electron chi connectivity index (χ1n) is 7.76. The molecule has 0 aliphatic carbocycles. The minimum Gasteiger partial charge on any atom is -0.382 e. The first-order chi connectivity index (χ1) is 12.7. The second-order valence-corrected chi connectivity index (χ2v) is 6.07. The Hall–Kier alpha value is -3.31. The van der Waals surface area contributed by atoms with E-state index >= 15 is 0 Å². The van der Waals surface area contributed by atoms with Crippen LogP contribution in [0.4, 0.5) is 10.1 Å². The van der Waals surface area contributed by atoms with E-state index in [0.717, 1.165) is 0 Å². The maximum atomic E-state index is 13.5. The maximum absolute atomic E-state index is 13.5. The predicted octanol–water partition coefficient (Wildman–Crippen LogP) is 3.06. The molecule has 0 atom stereocenters. The molecule has 1 aromatic carbocycles. The summed E-state index contributed by atoms with van der Waals surface area (Å²) in [5, 5.41) is 17.0. The molecule has 130 valence electrons. The van der Waals surface area contributed by atoms with Gasteiger partial charge in [0, 0.05) is 24.7 Å². The van der Waals surface area contributed by atoms with Crippen molar-refractivity contribution in [1.82, 2.24) is 15.3 Å². The van der Waals surface area contributed by atoms with Crippen LogP contribution in [0.25, 0.3) is 10.7 Å². The van der Waals surface area contributed by atoms with E-state index in [1.807, 2.05) is 24.3 Å². The standard InChI is InChI=1S/C18H14FN5OS/c19-13-4-3-6-14(12(13)10-20)22-8-9-23-17(25)16-11-26-18(24-16)15-5-1-2-7-21-15/h1-7,11,22H,8-9H2,(H,23,25). The molecule has 3 aromatic rings. The minimum atomic E-state index is -0.578. The van der Waals surface area contributed by atoms with Crippen molar-refractivity contribution in [3.63, 3.8) is 0 Å². The number of hydrogen-bond donors (Lipinski definition) is 2. The highest BCUT2D eigenvalue weighted by Gasteiger charge is 2.12. The molecule has 0 bridgehead atoms. The van der Waals surface area contributed by atoms with E-state index in [2.05, 4.69) is 20.6 Å². The van der Waals surface area contributed by atoms with Crippen molar-refractivity contribution in [2.75, 3.05) is 18.4 Å². The number of carbonyl (C=O) groups is 1. The van der Waals surface area contributed by atoms with Crippen LogP contribution in [0.5, 0.6) is 0 Å². The van der Waals surface area contributed by atoms with E-state index in [1.54, 1.807) is 17.6 Å². The quantitative estimate of drug-likeness (QED) is 0.654. The zero-order chi connectivity index (χ0) is 18.4. The van der Waals surface area contributed by atoms with Gasteiger partial charge in [-0.3, -0.25) is 9.78 Å². The predicted molar refractivity (Wildman–Crippen MR) is 97.3 cm³/mol. The van der Waals surface area contributed by atoms with Gasteiger partial charge < -0.3 is 10.6 Å². The highest BCUT2D eigenvalue weighted by atomic mass is 32.1. The Morgan fingerprint density at radius 2 is 2.12 bits per heavy atom. The fourth-order valence-electron chi connectivity index (χ4n) is 2.23.